The van der Waals surface area contributed by atoms with Crippen LogP contribution in [-0.2, 0) is 10.0 Å². The van der Waals surface area contributed by atoms with E-state index in [0.717, 1.165) is 23.3 Å². The molecule has 1 heterocycles. The molecule has 0 aromatic carbocycles. The van der Waals surface area contributed by atoms with Crippen LogP contribution in [0.3, 0.4) is 0 Å². The van der Waals surface area contributed by atoms with Crippen LogP contribution in [0.5, 0.6) is 0 Å². The van der Waals surface area contributed by atoms with E-state index in [2.05, 4.69) is 32.3 Å². The van der Waals surface area contributed by atoms with Crippen LogP contribution in [0.25, 0.3) is 0 Å². The van der Waals surface area contributed by atoms with Gasteiger partial charge in [-0.15, -0.1) is 0 Å². The van der Waals surface area contributed by atoms with E-state index in [1.807, 2.05) is 0 Å². The molecule has 0 saturated heterocycles. The Hall–Kier alpha value is -0.280. The average Bonchev–Trinajstić information content (AvgIpc) is 2.25. The number of nitrogens with one attached hydrogen (secondary N) is 1. The first kappa shape index (κ1) is 13.8. The SMILES string of the molecule is O=S(=O)(NCCCCI)c1ncccc1F. The van der Waals surface area contributed by atoms with Crippen molar-refractivity contribution in [2.75, 3.05) is 11.0 Å². The van der Waals surface area contributed by atoms with Gasteiger partial charge in [0.1, 0.15) is 0 Å². The molecular weight excluding hydrogens is 346 g/mol. The summed E-state index contributed by atoms with van der Waals surface area (Å²) >= 11 is 2.22. The summed E-state index contributed by atoms with van der Waals surface area (Å²) in [6, 6.07) is 2.43. The Bertz CT molecular complexity index is 439. The molecule has 1 rings (SSSR count). The normalized spacial score (nSPS) is 11.6. The van der Waals surface area contributed by atoms with Crippen LogP contribution in [0.4, 0.5) is 4.39 Å². The molecule has 0 saturated carbocycles. The van der Waals surface area contributed by atoms with Crippen LogP contribution in [0, 0.1) is 5.82 Å². The van der Waals surface area contributed by atoms with Crippen molar-refractivity contribution >= 4 is 32.6 Å². The summed E-state index contributed by atoms with van der Waals surface area (Å²) in [6.45, 7) is 0.307. The van der Waals surface area contributed by atoms with Crippen molar-refractivity contribution in [2.24, 2.45) is 0 Å². The molecule has 0 aliphatic heterocycles. The van der Waals surface area contributed by atoms with Crippen molar-refractivity contribution in [2.45, 2.75) is 17.9 Å². The smallest absolute Gasteiger partial charge is 0.241 e. The Morgan fingerprint density at radius 3 is 2.81 bits per heavy atom. The number of aromatic nitrogens is 1. The van der Waals surface area contributed by atoms with E-state index in [1.165, 1.54) is 12.3 Å². The van der Waals surface area contributed by atoms with Crippen molar-refractivity contribution in [3.8, 4) is 0 Å². The van der Waals surface area contributed by atoms with Gasteiger partial charge in [-0.3, -0.25) is 0 Å². The zero-order valence-corrected chi connectivity index (χ0v) is 11.5. The first-order valence-electron chi connectivity index (χ1n) is 4.74. The average molecular weight is 358 g/mol. The van der Waals surface area contributed by atoms with Gasteiger partial charge in [0.2, 0.25) is 5.03 Å². The van der Waals surface area contributed by atoms with Crippen LogP contribution >= 0.6 is 22.6 Å². The highest BCUT2D eigenvalue weighted by atomic mass is 127. The number of alkyl halides is 1. The number of unbranched alkanes of at least 4 members (excludes halogenated alkanes) is 1. The van der Waals surface area contributed by atoms with Crippen LogP contribution in [0.2, 0.25) is 0 Å². The number of nitrogens with zero attached hydrogens (tertiary/aromatic N) is 1. The number of sulfonamides is 1. The third kappa shape index (κ3) is 3.95. The number of hydrogen-bond donors (Lipinski definition) is 1. The van der Waals surface area contributed by atoms with Gasteiger partial charge in [0.05, 0.1) is 0 Å². The standard InChI is InChI=1S/C9H12FIN2O2S/c10-8-4-3-6-12-9(8)16(14,15)13-7-2-1-5-11/h3-4,6,13H,1-2,5,7H2. The second-order valence-corrected chi connectivity index (χ2v) is 5.85. The molecule has 0 fully saturated rings. The number of rotatable bonds is 6. The van der Waals surface area contributed by atoms with E-state index in [1.54, 1.807) is 0 Å². The Balaban J connectivity index is 2.68. The lowest BCUT2D eigenvalue weighted by molar-refractivity contribution is 0.543. The fourth-order valence-corrected chi connectivity index (χ4v) is 2.68. The molecule has 1 aromatic heterocycles. The monoisotopic (exact) mass is 358 g/mol. The Kier molecular flexibility index (Phi) is 5.56. The van der Waals surface area contributed by atoms with Crippen LogP contribution in [0.15, 0.2) is 23.4 Å². The minimum atomic E-state index is -3.81. The van der Waals surface area contributed by atoms with E-state index >= 15 is 0 Å². The first-order valence-corrected chi connectivity index (χ1v) is 7.75. The zero-order chi connectivity index (χ0) is 12.0. The molecule has 16 heavy (non-hydrogen) atoms. The topological polar surface area (TPSA) is 59.1 Å². The van der Waals surface area contributed by atoms with Crippen molar-refractivity contribution in [3.63, 3.8) is 0 Å². The van der Waals surface area contributed by atoms with Gasteiger partial charge >= 0.3 is 0 Å². The Labute approximate surface area is 108 Å². The third-order valence-electron chi connectivity index (χ3n) is 1.83. The van der Waals surface area contributed by atoms with E-state index in [-0.39, 0.29) is 0 Å². The first-order chi connectivity index (χ1) is 7.58. The van der Waals surface area contributed by atoms with Crippen molar-refractivity contribution in [1.82, 2.24) is 9.71 Å². The predicted octanol–water partition coefficient (Wildman–Crippen LogP) is 1.71. The molecule has 0 unspecified atom stereocenters. The molecular formula is C9H12FIN2O2S. The van der Waals surface area contributed by atoms with Crippen LogP contribution in [-0.4, -0.2) is 24.4 Å². The minimum Gasteiger partial charge on any atom is -0.241 e. The molecule has 0 amide bonds. The van der Waals surface area contributed by atoms with Gasteiger partial charge < -0.3 is 0 Å². The van der Waals surface area contributed by atoms with E-state index in [9.17, 15) is 12.8 Å². The predicted molar refractivity (Wildman–Crippen MR) is 67.5 cm³/mol. The highest BCUT2D eigenvalue weighted by Crippen LogP contribution is 2.09. The number of hydrogen-bond acceptors (Lipinski definition) is 3. The minimum absolute atomic E-state index is 0.307. The van der Waals surface area contributed by atoms with Gasteiger partial charge in [0.25, 0.3) is 10.0 Å². The van der Waals surface area contributed by atoms with Gasteiger partial charge in [-0.1, -0.05) is 22.6 Å². The van der Waals surface area contributed by atoms with Crippen LogP contribution in [0.1, 0.15) is 12.8 Å². The van der Waals surface area contributed by atoms with E-state index < -0.39 is 20.9 Å². The molecule has 0 bridgehead atoms. The second-order valence-electron chi connectivity index (χ2n) is 3.08. The van der Waals surface area contributed by atoms with Gasteiger partial charge in [-0.2, -0.15) is 0 Å². The molecule has 0 radical (unpaired) electrons. The van der Waals surface area contributed by atoms with Gasteiger partial charge in [-0.05, 0) is 29.4 Å². The molecule has 7 heteroatoms. The fraction of sp³-hybridized carbons (Fsp3) is 0.444. The number of halogens is 2. The van der Waals surface area contributed by atoms with Crippen molar-refractivity contribution in [1.29, 1.82) is 0 Å². The number of pyridine rings is 1. The molecule has 1 aromatic rings. The Morgan fingerprint density at radius 2 is 2.19 bits per heavy atom. The summed E-state index contributed by atoms with van der Waals surface area (Å²) in [5.74, 6) is -0.830. The van der Waals surface area contributed by atoms with Gasteiger partial charge in [0, 0.05) is 12.7 Å². The second kappa shape index (κ2) is 6.45. The molecule has 1 N–H and O–H groups in total. The van der Waals surface area contributed by atoms with Crippen LogP contribution < -0.4 is 4.72 Å². The molecule has 0 atom stereocenters. The summed E-state index contributed by atoms with van der Waals surface area (Å²) in [7, 11) is -3.81. The molecule has 0 spiro atoms. The molecule has 90 valence electrons. The zero-order valence-electron chi connectivity index (χ0n) is 8.49. The van der Waals surface area contributed by atoms with E-state index in [0.29, 0.717) is 6.54 Å². The summed E-state index contributed by atoms with van der Waals surface area (Å²) in [6.07, 6.45) is 2.91. The van der Waals surface area contributed by atoms with E-state index in [4.69, 9.17) is 0 Å². The fourth-order valence-electron chi connectivity index (χ4n) is 1.06. The Morgan fingerprint density at radius 1 is 1.44 bits per heavy atom. The van der Waals surface area contributed by atoms with Gasteiger partial charge in [0.15, 0.2) is 5.82 Å². The lowest BCUT2D eigenvalue weighted by atomic mass is 10.3. The highest BCUT2D eigenvalue weighted by Gasteiger charge is 2.19. The lowest BCUT2D eigenvalue weighted by Gasteiger charge is -2.05. The largest absolute Gasteiger partial charge is 0.261 e. The maximum atomic E-state index is 13.2. The molecule has 0 aliphatic rings. The molecule has 0 aliphatic carbocycles. The van der Waals surface area contributed by atoms with Crippen molar-refractivity contribution < 1.29 is 12.8 Å². The lowest BCUT2D eigenvalue weighted by Crippen LogP contribution is -2.26. The third-order valence-corrected chi connectivity index (χ3v) is 3.99. The van der Waals surface area contributed by atoms with Gasteiger partial charge in [-0.25, -0.2) is 22.5 Å². The quantitative estimate of drug-likeness (QED) is 0.479. The summed E-state index contributed by atoms with van der Waals surface area (Å²) in [5, 5.41) is -0.538. The highest BCUT2D eigenvalue weighted by molar-refractivity contribution is 14.1. The molecule has 4 nitrogen and oxygen atoms in total. The summed E-state index contributed by atoms with van der Waals surface area (Å²) in [4.78, 5) is 3.52. The summed E-state index contributed by atoms with van der Waals surface area (Å²) < 4.78 is 39.7. The summed E-state index contributed by atoms with van der Waals surface area (Å²) in [5.41, 5.74) is 0. The maximum absolute atomic E-state index is 13.2. The maximum Gasteiger partial charge on any atom is 0.261 e. The van der Waals surface area contributed by atoms with Crippen molar-refractivity contribution in [3.05, 3.63) is 24.1 Å².